The first-order valence-electron chi connectivity index (χ1n) is 8.76. The molecule has 0 saturated heterocycles. The van der Waals surface area contributed by atoms with Crippen molar-refractivity contribution in [1.82, 2.24) is 3.97 Å². The van der Waals surface area contributed by atoms with E-state index >= 15 is 0 Å². The molecule has 0 bridgehead atoms. The van der Waals surface area contributed by atoms with Gasteiger partial charge in [0.2, 0.25) is 0 Å². The minimum atomic E-state index is -3.57. The van der Waals surface area contributed by atoms with Crippen molar-refractivity contribution in [2.45, 2.75) is 37.5 Å². The lowest BCUT2D eigenvalue weighted by atomic mass is 9.99. The summed E-state index contributed by atoms with van der Waals surface area (Å²) in [5, 5.41) is 0.996. The van der Waals surface area contributed by atoms with Gasteiger partial charge in [-0.15, -0.1) is 0 Å². The van der Waals surface area contributed by atoms with Crippen LogP contribution in [0.25, 0.3) is 17.0 Å². The third-order valence-electron chi connectivity index (χ3n) is 4.88. The Labute approximate surface area is 148 Å². The van der Waals surface area contributed by atoms with Crippen LogP contribution >= 0.6 is 0 Å². The van der Waals surface area contributed by atoms with Crippen LogP contribution in [0.4, 0.5) is 0 Å². The maximum Gasteiger partial charge on any atom is 0.268 e. The Bertz CT molecular complexity index is 1060. The van der Waals surface area contributed by atoms with Gasteiger partial charge in [0, 0.05) is 11.6 Å². The van der Waals surface area contributed by atoms with E-state index in [2.05, 4.69) is 25.1 Å². The summed E-state index contributed by atoms with van der Waals surface area (Å²) in [6.07, 6.45) is 10.1. The second-order valence-electron chi connectivity index (χ2n) is 6.45. The lowest BCUT2D eigenvalue weighted by Crippen LogP contribution is -2.12. The van der Waals surface area contributed by atoms with E-state index < -0.39 is 10.0 Å². The Morgan fingerprint density at radius 3 is 2.60 bits per heavy atom. The third-order valence-corrected chi connectivity index (χ3v) is 6.57. The average Bonchev–Trinajstić information content (AvgIpc) is 3.27. The van der Waals surface area contributed by atoms with Gasteiger partial charge in [0.15, 0.2) is 0 Å². The Hall–Kier alpha value is -2.33. The summed E-state index contributed by atoms with van der Waals surface area (Å²) >= 11 is 0. The Kier molecular flexibility index (Phi) is 4.00. The van der Waals surface area contributed by atoms with Gasteiger partial charge in [0.1, 0.15) is 0 Å². The minimum Gasteiger partial charge on any atom is -0.241 e. The summed E-state index contributed by atoms with van der Waals surface area (Å²) in [5.74, 6) is 0. The zero-order valence-corrected chi connectivity index (χ0v) is 15.1. The van der Waals surface area contributed by atoms with Gasteiger partial charge < -0.3 is 0 Å². The summed E-state index contributed by atoms with van der Waals surface area (Å²) < 4.78 is 27.7. The molecule has 4 heteroatoms. The fourth-order valence-corrected chi connectivity index (χ4v) is 5.14. The van der Waals surface area contributed by atoms with Crippen LogP contribution in [0.1, 0.15) is 36.5 Å². The van der Waals surface area contributed by atoms with Gasteiger partial charge in [0.25, 0.3) is 10.0 Å². The summed E-state index contributed by atoms with van der Waals surface area (Å²) in [7, 11) is -3.57. The summed E-state index contributed by atoms with van der Waals surface area (Å²) in [4.78, 5) is 0.328. The number of nitrogens with zero attached hydrogens (tertiary/aromatic N) is 1. The maximum atomic E-state index is 13.1. The van der Waals surface area contributed by atoms with E-state index in [1.807, 2.05) is 12.1 Å². The fourth-order valence-electron chi connectivity index (χ4n) is 3.73. The van der Waals surface area contributed by atoms with Crippen molar-refractivity contribution in [3.8, 4) is 0 Å². The number of benzene rings is 2. The van der Waals surface area contributed by atoms with E-state index in [0.29, 0.717) is 4.90 Å². The van der Waals surface area contributed by atoms with E-state index in [9.17, 15) is 8.42 Å². The molecular weight excluding hydrogens is 330 g/mol. The lowest BCUT2D eigenvalue weighted by Gasteiger charge is -2.12. The highest BCUT2D eigenvalue weighted by Gasteiger charge is 2.24. The molecule has 3 aromatic rings. The smallest absolute Gasteiger partial charge is 0.241 e. The van der Waals surface area contributed by atoms with E-state index in [4.69, 9.17) is 0 Å². The van der Waals surface area contributed by atoms with Gasteiger partial charge in [-0.05, 0) is 66.6 Å². The van der Waals surface area contributed by atoms with Crippen molar-refractivity contribution in [3.63, 3.8) is 0 Å². The molecule has 0 N–H and O–H groups in total. The first-order chi connectivity index (χ1) is 12.1. The first-order valence-corrected chi connectivity index (χ1v) is 10.2. The predicted molar refractivity (Wildman–Crippen MR) is 102 cm³/mol. The van der Waals surface area contributed by atoms with Crippen molar-refractivity contribution in [2.24, 2.45) is 0 Å². The Morgan fingerprint density at radius 2 is 1.84 bits per heavy atom. The number of fused-ring (bicyclic) bond motifs is 3. The van der Waals surface area contributed by atoms with Gasteiger partial charge >= 0.3 is 0 Å². The van der Waals surface area contributed by atoms with Crippen LogP contribution in [0.15, 0.2) is 59.6 Å². The highest BCUT2D eigenvalue weighted by atomic mass is 32.2. The number of allylic oxidation sites excluding steroid dienone is 1. The van der Waals surface area contributed by atoms with Crippen LogP contribution in [-0.2, 0) is 22.9 Å². The number of aryl methyl sites for hydroxylation is 1. The minimum absolute atomic E-state index is 0.328. The van der Waals surface area contributed by atoms with E-state index in [-0.39, 0.29) is 0 Å². The number of hydrogen-bond acceptors (Lipinski definition) is 2. The topological polar surface area (TPSA) is 39.1 Å². The van der Waals surface area contributed by atoms with Gasteiger partial charge in [-0.3, -0.25) is 0 Å². The second-order valence-corrected chi connectivity index (χ2v) is 8.27. The van der Waals surface area contributed by atoms with Crippen LogP contribution in [-0.4, -0.2) is 12.4 Å². The second kappa shape index (κ2) is 6.19. The monoisotopic (exact) mass is 351 g/mol. The van der Waals surface area contributed by atoms with E-state index in [0.717, 1.165) is 36.6 Å². The standard InChI is InChI=1S/C21H21NO2S/c1-2-3-8-16-15-17-13-14-22(21(17)20-12-7-11-19(16)20)25(23,24)18-9-5-4-6-10-18/h3-6,8-10,13-15H,2,7,11-12H2,1H3/b8-3-. The maximum absolute atomic E-state index is 13.1. The van der Waals surface area contributed by atoms with Gasteiger partial charge in [-0.1, -0.05) is 37.3 Å². The van der Waals surface area contributed by atoms with Crippen LogP contribution in [0.3, 0.4) is 0 Å². The molecule has 0 spiro atoms. The normalized spacial score (nSPS) is 14.4. The molecule has 1 heterocycles. The Balaban J connectivity index is 1.97. The molecule has 0 atom stereocenters. The molecule has 25 heavy (non-hydrogen) atoms. The summed E-state index contributed by atoms with van der Waals surface area (Å²) in [5.41, 5.74) is 4.58. The number of rotatable bonds is 4. The SMILES string of the molecule is CC/C=C\c1cc2ccn(S(=O)(=O)c3ccccc3)c2c2c1CCC2. The summed E-state index contributed by atoms with van der Waals surface area (Å²) in [6.45, 7) is 2.12. The molecule has 1 aromatic heterocycles. The van der Waals surface area contributed by atoms with Crippen molar-refractivity contribution in [1.29, 1.82) is 0 Å². The van der Waals surface area contributed by atoms with Gasteiger partial charge in [-0.2, -0.15) is 0 Å². The third kappa shape index (κ3) is 2.61. The molecule has 2 aromatic carbocycles. The molecule has 0 fully saturated rings. The van der Waals surface area contributed by atoms with Crippen LogP contribution in [0.2, 0.25) is 0 Å². The zero-order valence-electron chi connectivity index (χ0n) is 14.3. The molecule has 0 radical (unpaired) electrons. The molecule has 3 nitrogen and oxygen atoms in total. The van der Waals surface area contributed by atoms with Crippen LogP contribution < -0.4 is 0 Å². The van der Waals surface area contributed by atoms with Crippen molar-refractivity contribution < 1.29 is 8.42 Å². The molecule has 1 aliphatic carbocycles. The van der Waals surface area contributed by atoms with Crippen molar-refractivity contribution in [3.05, 3.63) is 71.4 Å². The fraction of sp³-hybridized carbons (Fsp3) is 0.238. The van der Waals surface area contributed by atoms with Gasteiger partial charge in [0.05, 0.1) is 10.4 Å². The number of hydrogen-bond donors (Lipinski definition) is 0. The van der Waals surface area contributed by atoms with Crippen molar-refractivity contribution in [2.75, 3.05) is 0 Å². The molecule has 4 rings (SSSR count). The lowest BCUT2D eigenvalue weighted by molar-refractivity contribution is 0.589. The average molecular weight is 351 g/mol. The molecule has 0 amide bonds. The molecule has 1 aliphatic rings. The van der Waals surface area contributed by atoms with Gasteiger partial charge in [-0.25, -0.2) is 12.4 Å². The quantitative estimate of drug-likeness (QED) is 0.678. The van der Waals surface area contributed by atoms with E-state index in [1.54, 1.807) is 30.5 Å². The van der Waals surface area contributed by atoms with Crippen LogP contribution in [0.5, 0.6) is 0 Å². The summed E-state index contributed by atoms with van der Waals surface area (Å²) in [6, 6.07) is 12.7. The molecule has 0 aliphatic heterocycles. The highest BCUT2D eigenvalue weighted by molar-refractivity contribution is 7.90. The molecule has 128 valence electrons. The van der Waals surface area contributed by atoms with E-state index in [1.165, 1.54) is 20.7 Å². The highest BCUT2D eigenvalue weighted by Crippen LogP contribution is 2.35. The first kappa shape index (κ1) is 16.2. The zero-order chi connectivity index (χ0) is 17.4. The molecule has 0 unspecified atom stereocenters. The number of aromatic nitrogens is 1. The largest absolute Gasteiger partial charge is 0.268 e. The molecular formula is C21H21NO2S. The van der Waals surface area contributed by atoms with Crippen molar-refractivity contribution >= 4 is 27.0 Å². The molecule has 0 saturated carbocycles. The Morgan fingerprint density at radius 1 is 1.08 bits per heavy atom. The predicted octanol–water partition coefficient (Wildman–Crippen LogP) is 4.79. The van der Waals surface area contributed by atoms with Crippen LogP contribution in [0, 0.1) is 0 Å².